The molecule has 1 aliphatic heterocycles. The Morgan fingerprint density at radius 1 is 1.53 bits per heavy atom. The van der Waals surface area contributed by atoms with Gasteiger partial charge in [-0.25, -0.2) is 4.72 Å². The lowest BCUT2D eigenvalue weighted by Gasteiger charge is -2.25. The first-order valence-electron chi connectivity index (χ1n) is 5.56. The molecule has 0 radical (unpaired) electrons. The monoisotopic (exact) mass is 282 g/mol. The van der Waals surface area contributed by atoms with Crippen LogP contribution >= 0.6 is 11.8 Å². The van der Waals surface area contributed by atoms with Gasteiger partial charge in [-0.2, -0.15) is 12.7 Å². The van der Waals surface area contributed by atoms with E-state index in [9.17, 15) is 13.2 Å². The maximum atomic E-state index is 12.0. The number of carboxylic acid groups (broad SMARTS) is 1. The fourth-order valence-electron chi connectivity index (χ4n) is 1.77. The van der Waals surface area contributed by atoms with Gasteiger partial charge in [0.2, 0.25) is 0 Å². The van der Waals surface area contributed by atoms with Crippen molar-refractivity contribution in [3.8, 4) is 0 Å². The second-order valence-corrected chi connectivity index (χ2v) is 6.63. The molecular weight excluding hydrogens is 264 g/mol. The lowest BCUT2D eigenvalue weighted by molar-refractivity contribution is -0.140. The summed E-state index contributed by atoms with van der Waals surface area (Å²) in [7, 11) is -3.69. The molecule has 100 valence electrons. The fourth-order valence-corrected chi connectivity index (χ4v) is 5.22. The molecule has 0 aromatic rings. The van der Waals surface area contributed by atoms with Crippen molar-refractivity contribution in [3.63, 3.8) is 0 Å². The molecule has 1 fully saturated rings. The van der Waals surface area contributed by atoms with Crippen LogP contribution in [0.1, 0.15) is 26.7 Å². The zero-order valence-corrected chi connectivity index (χ0v) is 11.6. The predicted molar refractivity (Wildman–Crippen MR) is 67.0 cm³/mol. The Morgan fingerprint density at radius 3 is 2.65 bits per heavy atom. The maximum absolute atomic E-state index is 12.0. The Labute approximate surface area is 106 Å². The summed E-state index contributed by atoms with van der Waals surface area (Å²) in [5.74, 6) is -0.775. The maximum Gasteiger partial charge on any atom is 0.322 e. The Bertz CT molecular complexity index is 371. The number of carbonyl (C=O) groups is 1. The number of nitrogens with one attached hydrogen (secondary N) is 1. The van der Waals surface area contributed by atoms with E-state index >= 15 is 0 Å². The molecule has 0 aliphatic carbocycles. The molecule has 1 rings (SSSR count). The smallest absolute Gasteiger partial charge is 0.322 e. The molecule has 0 aromatic heterocycles. The molecule has 0 spiro atoms. The van der Waals surface area contributed by atoms with Crippen molar-refractivity contribution in [1.82, 2.24) is 9.03 Å². The van der Waals surface area contributed by atoms with Crippen molar-refractivity contribution in [2.45, 2.75) is 38.1 Å². The first-order chi connectivity index (χ1) is 7.94. The second-order valence-electron chi connectivity index (χ2n) is 3.76. The molecule has 1 aliphatic rings. The van der Waals surface area contributed by atoms with Crippen LogP contribution in [0.25, 0.3) is 0 Å². The van der Waals surface area contributed by atoms with E-state index in [1.807, 2.05) is 6.92 Å². The summed E-state index contributed by atoms with van der Waals surface area (Å²) in [5.41, 5.74) is 0. The first-order valence-corrected chi connectivity index (χ1v) is 8.05. The molecule has 1 heterocycles. The van der Waals surface area contributed by atoms with Gasteiger partial charge >= 0.3 is 5.97 Å². The van der Waals surface area contributed by atoms with E-state index in [0.29, 0.717) is 12.2 Å². The van der Waals surface area contributed by atoms with E-state index in [2.05, 4.69) is 4.72 Å². The molecule has 1 saturated heterocycles. The molecular formula is C9H18N2O4S2. The lowest BCUT2D eigenvalue weighted by atomic mass is 10.3. The van der Waals surface area contributed by atoms with Crippen LogP contribution in [0.15, 0.2) is 0 Å². The average Bonchev–Trinajstić information content (AvgIpc) is 2.62. The summed E-state index contributed by atoms with van der Waals surface area (Å²) in [6.45, 7) is 3.88. The van der Waals surface area contributed by atoms with Crippen molar-refractivity contribution in [2.24, 2.45) is 0 Å². The predicted octanol–water partition coefficient (Wildman–Crippen LogP) is 0.469. The van der Waals surface area contributed by atoms with Gasteiger partial charge in [0, 0.05) is 12.3 Å². The van der Waals surface area contributed by atoms with Crippen molar-refractivity contribution in [3.05, 3.63) is 0 Å². The lowest BCUT2D eigenvalue weighted by Crippen LogP contribution is -2.50. The highest BCUT2D eigenvalue weighted by molar-refractivity contribution is 8.01. The van der Waals surface area contributed by atoms with E-state index in [0.717, 1.165) is 10.7 Å². The van der Waals surface area contributed by atoms with Crippen molar-refractivity contribution in [2.75, 3.05) is 12.3 Å². The van der Waals surface area contributed by atoms with E-state index < -0.39 is 22.2 Å². The van der Waals surface area contributed by atoms with Gasteiger partial charge in [-0.15, -0.1) is 11.8 Å². The van der Waals surface area contributed by atoms with E-state index in [4.69, 9.17) is 5.11 Å². The number of thioether (sulfide) groups is 1. The quantitative estimate of drug-likeness (QED) is 0.739. The van der Waals surface area contributed by atoms with Gasteiger partial charge in [0.15, 0.2) is 0 Å². The molecule has 0 aromatic carbocycles. The van der Waals surface area contributed by atoms with Crippen molar-refractivity contribution in [1.29, 1.82) is 0 Å². The highest BCUT2D eigenvalue weighted by atomic mass is 32.2. The Hall–Kier alpha value is -0.310. The molecule has 2 unspecified atom stereocenters. The largest absolute Gasteiger partial charge is 0.480 e. The molecule has 0 amide bonds. The number of carboxylic acids is 1. The molecule has 8 heteroatoms. The van der Waals surface area contributed by atoms with Crippen LogP contribution in [0.3, 0.4) is 0 Å². The van der Waals surface area contributed by atoms with Gasteiger partial charge in [-0.3, -0.25) is 4.79 Å². The third-order valence-electron chi connectivity index (χ3n) is 2.46. The zero-order chi connectivity index (χ0) is 13.1. The minimum absolute atomic E-state index is 0.259. The number of nitrogens with zero attached hydrogens (tertiary/aromatic N) is 1. The van der Waals surface area contributed by atoms with Crippen molar-refractivity contribution >= 4 is 27.9 Å². The summed E-state index contributed by atoms with van der Waals surface area (Å²) < 4.78 is 27.4. The average molecular weight is 282 g/mol. The van der Waals surface area contributed by atoms with Crippen LogP contribution < -0.4 is 4.72 Å². The Kier molecular flexibility index (Phi) is 5.23. The van der Waals surface area contributed by atoms with E-state index in [1.54, 1.807) is 6.92 Å². The summed E-state index contributed by atoms with van der Waals surface area (Å²) >= 11 is 1.39. The van der Waals surface area contributed by atoms with Crippen LogP contribution in [0.4, 0.5) is 0 Å². The topological polar surface area (TPSA) is 86.7 Å². The van der Waals surface area contributed by atoms with Gasteiger partial charge in [-0.05, 0) is 6.42 Å². The minimum Gasteiger partial charge on any atom is -0.480 e. The van der Waals surface area contributed by atoms with Gasteiger partial charge in [-0.1, -0.05) is 20.3 Å². The van der Waals surface area contributed by atoms with Gasteiger partial charge in [0.05, 0.1) is 5.37 Å². The molecule has 17 heavy (non-hydrogen) atoms. The summed E-state index contributed by atoms with van der Waals surface area (Å²) in [4.78, 5) is 11.1. The first kappa shape index (κ1) is 14.7. The number of hydrogen-bond acceptors (Lipinski definition) is 4. The van der Waals surface area contributed by atoms with Crippen LogP contribution in [-0.4, -0.2) is 47.5 Å². The SMILES string of the molecule is CCCC1SCC(C(=O)O)N1S(=O)(=O)NCC. The number of hydrogen-bond donors (Lipinski definition) is 2. The van der Waals surface area contributed by atoms with Gasteiger partial charge in [0.25, 0.3) is 10.2 Å². The fraction of sp³-hybridized carbons (Fsp3) is 0.889. The Balaban J connectivity index is 2.97. The molecule has 2 atom stereocenters. The number of rotatable bonds is 6. The van der Waals surface area contributed by atoms with Gasteiger partial charge < -0.3 is 5.11 Å². The molecule has 2 N–H and O–H groups in total. The molecule has 0 bridgehead atoms. The minimum atomic E-state index is -3.69. The zero-order valence-electron chi connectivity index (χ0n) is 9.92. The number of aliphatic carboxylic acids is 1. The van der Waals surface area contributed by atoms with Gasteiger partial charge in [0.1, 0.15) is 6.04 Å². The highest BCUT2D eigenvalue weighted by Gasteiger charge is 2.45. The van der Waals surface area contributed by atoms with Crippen LogP contribution in [0.5, 0.6) is 0 Å². The summed E-state index contributed by atoms with van der Waals surface area (Å²) in [5, 5.41) is 8.78. The standard InChI is InChI=1S/C9H18N2O4S2/c1-3-5-8-11(17(14,15)10-4-2)7(6-16-8)9(12)13/h7-8,10H,3-6H2,1-2H3,(H,12,13). The third-order valence-corrected chi connectivity index (χ3v) is 5.67. The van der Waals surface area contributed by atoms with E-state index in [1.165, 1.54) is 11.8 Å². The molecule has 0 saturated carbocycles. The normalized spacial score (nSPS) is 26.2. The summed E-state index contributed by atoms with van der Waals surface area (Å²) in [6, 6.07) is -0.958. The molecule has 6 nitrogen and oxygen atoms in total. The second kappa shape index (κ2) is 6.03. The Morgan fingerprint density at radius 2 is 2.18 bits per heavy atom. The van der Waals surface area contributed by atoms with Crippen LogP contribution in [-0.2, 0) is 15.0 Å². The summed E-state index contributed by atoms with van der Waals surface area (Å²) in [6.07, 6.45) is 1.49. The van der Waals surface area contributed by atoms with E-state index in [-0.39, 0.29) is 11.9 Å². The van der Waals surface area contributed by atoms with Crippen LogP contribution in [0, 0.1) is 0 Å². The highest BCUT2D eigenvalue weighted by Crippen LogP contribution is 2.34. The third kappa shape index (κ3) is 3.34. The van der Waals surface area contributed by atoms with Crippen molar-refractivity contribution < 1.29 is 18.3 Å². The van der Waals surface area contributed by atoms with Crippen LogP contribution in [0.2, 0.25) is 0 Å².